The highest BCUT2D eigenvalue weighted by Gasteiger charge is 2.29. The Morgan fingerprint density at radius 3 is 2.24 bits per heavy atom. The lowest BCUT2D eigenvalue weighted by atomic mass is 9.71. The number of ether oxygens (including phenoxy) is 1. The fraction of sp³-hybridized carbons (Fsp3) is 0.714. The molecule has 0 aromatic heterocycles. The monoisotopic (exact) mass is 235 g/mol. The lowest BCUT2D eigenvalue weighted by molar-refractivity contribution is -0.135. The number of methoxy groups -OCH3 is 1. The van der Waals surface area contributed by atoms with Crippen LogP contribution in [0, 0.1) is 22.7 Å². The number of allylic oxidation sites excluding steroid dienone is 1. The molecule has 1 aliphatic rings. The summed E-state index contributed by atoms with van der Waals surface area (Å²) in [7, 11) is 1.32. The highest BCUT2D eigenvalue weighted by molar-refractivity contribution is 5.93. The van der Waals surface area contributed by atoms with Gasteiger partial charge in [-0.3, -0.25) is 0 Å². The first-order valence-corrected chi connectivity index (χ1v) is 6.10. The molecule has 0 bridgehead atoms. The summed E-state index contributed by atoms with van der Waals surface area (Å²) < 4.78 is 4.63. The van der Waals surface area contributed by atoms with E-state index in [1.165, 1.54) is 7.11 Å². The molecule has 0 atom stereocenters. The molecule has 0 saturated heterocycles. The smallest absolute Gasteiger partial charge is 0.348 e. The summed E-state index contributed by atoms with van der Waals surface area (Å²) in [6, 6.07) is 1.98. The van der Waals surface area contributed by atoms with Gasteiger partial charge in [0, 0.05) is 0 Å². The Labute approximate surface area is 103 Å². The first-order chi connectivity index (χ1) is 7.90. The summed E-state index contributed by atoms with van der Waals surface area (Å²) in [5.74, 6) is 0.181. The summed E-state index contributed by atoms with van der Waals surface area (Å²) in [6.07, 6.45) is 3.81. The van der Waals surface area contributed by atoms with Crippen LogP contribution in [0.3, 0.4) is 0 Å². The maximum atomic E-state index is 11.4. The maximum absolute atomic E-state index is 11.4. The standard InChI is InChI=1S/C14H21NO2/c1-14(2,3)11-7-5-10(6-8-11)12(9-15)13(16)17-4/h11H,5-8H2,1-4H3. The number of nitriles is 1. The maximum Gasteiger partial charge on any atom is 0.348 e. The van der Waals surface area contributed by atoms with Crippen molar-refractivity contribution in [3.63, 3.8) is 0 Å². The molecule has 0 aromatic rings. The van der Waals surface area contributed by atoms with Crippen LogP contribution in [0.4, 0.5) is 0 Å². The minimum Gasteiger partial charge on any atom is -0.465 e. The van der Waals surface area contributed by atoms with Crippen molar-refractivity contribution in [3.05, 3.63) is 11.1 Å². The third kappa shape index (κ3) is 3.33. The molecular formula is C14H21NO2. The van der Waals surface area contributed by atoms with Crippen molar-refractivity contribution in [2.75, 3.05) is 7.11 Å². The Hall–Kier alpha value is -1.30. The van der Waals surface area contributed by atoms with E-state index in [2.05, 4.69) is 25.5 Å². The molecule has 17 heavy (non-hydrogen) atoms. The first-order valence-electron chi connectivity index (χ1n) is 6.10. The molecule has 1 rings (SSSR count). The fourth-order valence-electron chi connectivity index (χ4n) is 2.45. The van der Waals surface area contributed by atoms with Gasteiger partial charge in [-0.2, -0.15) is 5.26 Å². The second-order valence-electron chi connectivity index (χ2n) is 5.72. The zero-order valence-electron chi connectivity index (χ0n) is 11.2. The highest BCUT2D eigenvalue weighted by Crippen LogP contribution is 2.40. The number of nitrogens with zero attached hydrogens (tertiary/aromatic N) is 1. The van der Waals surface area contributed by atoms with Crippen molar-refractivity contribution >= 4 is 5.97 Å². The second kappa shape index (κ2) is 5.35. The van der Waals surface area contributed by atoms with E-state index in [-0.39, 0.29) is 5.57 Å². The van der Waals surface area contributed by atoms with E-state index in [4.69, 9.17) is 5.26 Å². The third-order valence-electron chi connectivity index (χ3n) is 3.67. The minimum atomic E-state index is -0.489. The third-order valence-corrected chi connectivity index (χ3v) is 3.67. The molecule has 0 spiro atoms. The molecule has 1 saturated carbocycles. The van der Waals surface area contributed by atoms with Gasteiger partial charge in [0.25, 0.3) is 0 Å². The molecule has 0 unspecified atom stereocenters. The second-order valence-corrected chi connectivity index (χ2v) is 5.72. The summed E-state index contributed by atoms with van der Waals surface area (Å²) in [5.41, 5.74) is 1.50. The number of rotatable bonds is 1. The van der Waals surface area contributed by atoms with E-state index in [0.717, 1.165) is 31.3 Å². The Kier molecular flexibility index (Phi) is 4.34. The molecule has 0 N–H and O–H groups in total. The van der Waals surface area contributed by atoms with Crippen molar-refractivity contribution in [1.29, 1.82) is 5.26 Å². The molecule has 3 nitrogen and oxygen atoms in total. The molecule has 1 fully saturated rings. The number of hydrogen-bond acceptors (Lipinski definition) is 3. The molecule has 0 amide bonds. The predicted octanol–water partition coefficient (Wildman–Crippen LogP) is 3.22. The molecule has 0 aromatic carbocycles. The quantitative estimate of drug-likeness (QED) is 0.398. The Bertz CT molecular complexity index is 359. The van der Waals surface area contributed by atoms with Gasteiger partial charge in [-0.1, -0.05) is 20.8 Å². The zero-order chi connectivity index (χ0) is 13.1. The molecule has 3 heteroatoms. The van der Waals surface area contributed by atoms with Crippen molar-refractivity contribution in [3.8, 4) is 6.07 Å². The van der Waals surface area contributed by atoms with Crippen LogP contribution < -0.4 is 0 Å². The minimum absolute atomic E-state index is 0.222. The average Bonchev–Trinajstić information content (AvgIpc) is 2.29. The predicted molar refractivity (Wildman–Crippen MR) is 66.1 cm³/mol. The average molecular weight is 235 g/mol. The van der Waals surface area contributed by atoms with Crippen molar-refractivity contribution in [2.45, 2.75) is 46.5 Å². The summed E-state index contributed by atoms with van der Waals surface area (Å²) >= 11 is 0. The first kappa shape index (κ1) is 13.8. The van der Waals surface area contributed by atoms with Crippen LogP contribution in [0.1, 0.15) is 46.5 Å². The molecule has 0 aliphatic heterocycles. The lowest BCUT2D eigenvalue weighted by Gasteiger charge is -2.34. The summed E-state index contributed by atoms with van der Waals surface area (Å²) in [4.78, 5) is 11.4. The SMILES string of the molecule is COC(=O)C(C#N)=C1CCC(C(C)(C)C)CC1. The van der Waals surface area contributed by atoms with E-state index < -0.39 is 5.97 Å². The van der Waals surface area contributed by atoms with Crippen molar-refractivity contribution < 1.29 is 9.53 Å². The van der Waals surface area contributed by atoms with Crippen molar-refractivity contribution in [2.24, 2.45) is 11.3 Å². The zero-order valence-corrected chi connectivity index (χ0v) is 11.2. The van der Waals surface area contributed by atoms with Crippen LogP contribution in [0.25, 0.3) is 0 Å². The van der Waals surface area contributed by atoms with Crippen LogP contribution in [-0.2, 0) is 9.53 Å². The fourth-order valence-corrected chi connectivity index (χ4v) is 2.45. The van der Waals surface area contributed by atoms with E-state index >= 15 is 0 Å². The topological polar surface area (TPSA) is 50.1 Å². The van der Waals surface area contributed by atoms with Gasteiger partial charge < -0.3 is 4.74 Å². The van der Waals surface area contributed by atoms with E-state index in [1.807, 2.05) is 6.07 Å². The molecule has 1 aliphatic carbocycles. The van der Waals surface area contributed by atoms with Crippen LogP contribution in [0.5, 0.6) is 0 Å². The summed E-state index contributed by atoms with van der Waals surface area (Å²) in [6.45, 7) is 6.74. The van der Waals surface area contributed by atoms with E-state index in [1.54, 1.807) is 0 Å². The number of carbonyl (C=O) groups excluding carboxylic acids is 1. The molecule has 94 valence electrons. The van der Waals surface area contributed by atoms with E-state index in [9.17, 15) is 4.79 Å². The van der Waals surface area contributed by atoms with Gasteiger partial charge >= 0.3 is 5.97 Å². The van der Waals surface area contributed by atoms with Gasteiger partial charge in [0.2, 0.25) is 0 Å². The largest absolute Gasteiger partial charge is 0.465 e. The molecule has 0 heterocycles. The van der Waals surface area contributed by atoms with Crippen LogP contribution >= 0.6 is 0 Å². The van der Waals surface area contributed by atoms with Gasteiger partial charge in [0.05, 0.1) is 7.11 Å². The normalized spacial score (nSPS) is 20.6. The molecule has 0 radical (unpaired) electrons. The number of carbonyl (C=O) groups is 1. The van der Waals surface area contributed by atoms with Crippen LogP contribution in [0.15, 0.2) is 11.1 Å². The number of esters is 1. The number of hydrogen-bond donors (Lipinski definition) is 0. The Morgan fingerprint density at radius 2 is 1.88 bits per heavy atom. The highest BCUT2D eigenvalue weighted by atomic mass is 16.5. The van der Waals surface area contributed by atoms with E-state index in [0.29, 0.717) is 11.3 Å². The van der Waals surface area contributed by atoms with Crippen LogP contribution in [-0.4, -0.2) is 13.1 Å². The van der Waals surface area contributed by atoms with Gasteiger partial charge in [0.1, 0.15) is 11.6 Å². The lowest BCUT2D eigenvalue weighted by Crippen LogP contribution is -2.24. The Balaban J connectivity index is 2.78. The van der Waals surface area contributed by atoms with Gasteiger partial charge in [-0.15, -0.1) is 0 Å². The summed E-state index contributed by atoms with van der Waals surface area (Å²) in [5, 5.41) is 9.00. The van der Waals surface area contributed by atoms with Gasteiger partial charge in [-0.05, 0) is 42.6 Å². The van der Waals surface area contributed by atoms with Gasteiger partial charge in [-0.25, -0.2) is 4.79 Å². The van der Waals surface area contributed by atoms with Gasteiger partial charge in [0.15, 0.2) is 0 Å². The van der Waals surface area contributed by atoms with Crippen molar-refractivity contribution in [1.82, 2.24) is 0 Å². The van der Waals surface area contributed by atoms with Crippen LogP contribution in [0.2, 0.25) is 0 Å². The Morgan fingerprint density at radius 1 is 1.35 bits per heavy atom. The molecular weight excluding hydrogens is 214 g/mol.